The molecule has 0 aromatic heterocycles. The molecular formula is C60H74BN3. The predicted molar refractivity (Wildman–Crippen MR) is 281 cm³/mol. The van der Waals surface area contributed by atoms with Gasteiger partial charge in [0.05, 0.1) is 6.04 Å². The maximum Gasteiger partial charge on any atom is 0.257 e. The third-order valence-corrected chi connectivity index (χ3v) is 14.6. The third-order valence-electron chi connectivity index (χ3n) is 14.6. The molecule has 0 bridgehead atoms. The zero-order valence-electron chi connectivity index (χ0n) is 42.5. The first-order valence-corrected chi connectivity index (χ1v) is 24.1. The minimum Gasteiger partial charge on any atom is -0.335 e. The molecule has 0 saturated carbocycles. The van der Waals surface area contributed by atoms with E-state index in [-0.39, 0.29) is 45.2 Å². The molecular weight excluding hydrogens is 773 g/mol. The fraction of sp³-hybridized carbons (Fsp3) is 0.433. The number of anilines is 8. The van der Waals surface area contributed by atoms with Crippen LogP contribution in [0.1, 0.15) is 159 Å². The first-order valence-electron chi connectivity index (χ1n) is 24.1. The zero-order chi connectivity index (χ0) is 46.4. The zero-order valence-corrected chi connectivity index (χ0v) is 42.5. The van der Waals surface area contributed by atoms with Crippen molar-refractivity contribution in [3.05, 3.63) is 137 Å². The molecule has 3 aliphatic heterocycles. The number of hydrogen-bond donors (Lipinski definition) is 0. The van der Waals surface area contributed by atoms with E-state index in [9.17, 15) is 0 Å². The Labute approximate surface area is 387 Å². The molecule has 3 heterocycles. The first kappa shape index (κ1) is 44.3. The number of benzene rings is 5. The van der Waals surface area contributed by atoms with Gasteiger partial charge in [0.25, 0.3) is 6.71 Å². The van der Waals surface area contributed by atoms with E-state index in [1.54, 1.807) is 0 Å². The van der Waals surface area contributed by atoms with E-state index in [4.69, 9.17) is 0 Å². The van der Waals surface area contributed by atoms with Crippen molar-refractivity contribution in [2.75, 3.05) is 14.7 Å². The van der Waals surface area contributed by atoms with Crippen LogP contribution in [-0.2, 0) is 27.1 Å². The van der Waals surface area contributed by atoms with Crippen LogP contribution in [0.5, 0.6) is 0 Å². The van der Waals surface area contributed by atoms with Crippen molar-refractivity contribution in [1.82, 2.24) is 0 Å². The number of allylic oxidation sites excluding steroid dienone is 2. The van der Waals surface area contributed by atoms with Crippen LogP contribution in [-0.4, -0.2) is 12.8 Å². The molecule has 0 saturated heterocycles. The van der Waals surface area contributed by atoms with E-state index in [2.05, 4.69) is 242 Å². The van der Waals surface area contributed by atoms with Crippen molar-refractivity contribution in [2.24, 2.45) is 5.41 Å². The van der Waals surface area contributed by atoms with Gasteiger partial charge in [0, 0.05) is 45.5 Å². The van der Waals surface area contributed by atoms with Crippen LogP contribution in [0.4, 0.5) is 45.5 Å². The van der Waals surface area contributed by atoms with Gasteiger partial charge in [-0.25, -0.2) is 0 Å². The van der Waals surface area contributed by atoms with E-state index >= 15 is 0 Å². The van der Waals surface area contributed by atoms with Crippen LogP contribution in [0.25, 0.3) is 0 Å². The normalized spacial score (nSPS) is 17.2. The highest BCUT2D eigenvalue weighted by atomic mass is 15.2. The fourth-order valence-electron chi connectivity index (χ4n) is 10.5. The summed E-state index contributed by atoms with van der Waals surface area (Å²) in [5.74, 6) is 0. The second-order valence-electron chi connectivity index (χ2n) is 25.7. The summed E-state index contributed by atoms with van der Waals surface area (Å²) in [5, 5.41) is 0. The summed E-state index contributed by atoms with van der Waals surface area (Å²) in [5.41, 5.74) is 22.6. The average Bonchev–Trinajstić information content (AvgIpc) is 3.18. The van der Waals surface area contributed by atoms with Crippen LogP contribution in [0.2, 0.25) is 0 Å². The molecule has 3 nitrogen and oxygen atoms in total. The van der Waals surface area contributed by atoms with E-state index < -0.39 is 0 Å². The molecule has 64 heavy (non-hydrogen) atoms. The highest BCUT2D eigenvalue weighted by molar-refractivity contribution is 7.02. The van der Waals surface area contributed by atoms with Gasteiger partial charge in [0.2, 0.25) is 0 Å². The summed E-state index contributed by atoms with van der Waals surface area (Å²) in [7, 11) is 0. The van der Waals surface area contributed by atoms with Gasteiger partial charge >= 0.3 is 0 Å². The van der Waals surface area contributed by atoms with Gasteiger partial charge in [-0.05, 0) is 149 Å². The minimum absolute atomic E-state index is 0.0481. The first-order chi connectivity index (χ1) is 29.5. The minimum atomic E-state index is -0.0947. The molecule has 1 atom stereocenters. The Kier molecular flexibility index (Phi) is 9.87. The second-order valence-corrected chi connectivity index (χ2v) is 25.7. The maximum absolute atomic E-state index is 2.77. The molecule has 0 fully saturated rings. The van der Waals surface area contributed by atoms with Crippen LogP contribution < -0.4 is 31.1 Å². The van der Waals surface area contributed by atoms with Gasteiger partial charge < -0.3 is 14.7 Å². The molecule has 4 aliphatic rings. The van der Waals surface area contributed by atoms with Gasteiger partial charge in [0.1, 0.15) is 0 Å². The molecule has 0 N–H and O–H groups in total. The van der Waals surface area contributed by atoms with E-state index in [0.717, 1.165) is 6.42 Å². The van der Waals surface area contributed by atoms with Gasteiger partial charge in [-0.3, -0.25) is 0 Å². The quantitative estimate of drug-likeness (QED) is 0.164. The van der Waals surface area contributed by atoms with Crippen molar-refractivity contribution in [3.63, 3.8) is 0 Å². The largest absolute Gasteiger partial charge is 0.335 e. The molecule has 5 aromatic rings. The smallest absolute Gasteiger partial charge is 0.257 e. The highest BCUT2D eigenvalue weighted by Gasteiger charge is 2.51. The van der Waals surface area contributed by atoms with Crippen LogP contribution in [0.3, 0.4) is 0 Å². The Bertz CT molecular complexity index is 2580. The van der Waals surface area contributed by atoms with E-state index in [0.29, 0.717) is 0 Å². The SMILES string of the molecule is CC(C)(C)C1=CCC(N2c3cc(C(C)(C)C)cc4c3B3c5c(cc(C(C)(C)C)cc5N(c5ccc(C(C)(C)C)cc5)c5cc(C(C)(C)C)cc2c53)N4c2ccc(C(C)(C)C)cc2)C=C1. The Morgan fingerprint density at radius 3 is 0.984 bits per heavy atom. The van der Waals surface area contributed by atoms with Crippen LogP contribution in [0.15, 0.2) is 109 Å². The summed E-state index contributed by atoms with van der Waals surface area (Å²) >= 11 is 0. The monoisotopic (exact) mass is 848 g/mol. The van der Waals surface area contributed by atoms with Crippen molar-refractivity contribution < 1.29 is 0 Å². The van der Waals surface area contributed by atoms with Gasteiger partial charge in [-0.2, -0.15) is 0 Å². The molecule has 1 unspecified atom stereocenters. The number of rotatable bonds is 3. The number of hydrogen-bond acceptors (Lipinski definition) is 3. The average molecular weight is 848 g/mol. The summed E-state index contributed by atoms with van der Waals surface area (Å²) < 4.78 is 0. The van der Waals surface area contributed by atoms with Gasteiger partial charge in [0.15, 0.2) is 0 Å². The van der Waals surface area contributed by atoms with Gasteiger partial charge in [-0.15, -0.1) is 0 Å². The lowest BCUT2D eigenvalue weighted by Gasteiger charge is -2.52. The Morgan fingerprint density at radius 1 is 0.391 bits per heavy atom. The summed E-state index contributed by atoms with van der Waals surface area (Å²) in [6.45, 7) is 42.4. The lowest BCUT2D eigenvalue weighted by molar-refractivity contribution is 0.510. The predicted octanol–water partition coefficient (Wildman–Crippen LogP) is 15.0. The summed E-state index contributed by atoms with van der Waals surface area (Å²) in [6, 6.07) is 34.5. The molecule has 9 rings (SSSR count). The van der Waals surface area contributed by atoms with E-state index in [1.807, 2.05) is 0 Å². The summed E-state index contributed by atoms with van der Waals surface area (Å²) in [6.07, 6.45) is 8.40. The highest BCUT2D eigenvalue weighted by Crippen LogP contribution is 2.53. The maximum atomic E-state index is 2.77. The standard InChI is InChI=1S/C60H74BN3/c1-55(2,3)37-19-25-43(26-20-37)62-46-31-40(58(10,11)12)33-48-52(46)61-53-47(62)32-41(59(13,14)15)34-49(53)64(45-29-23-39(24-30-45)57(7,8)9)51-36-42(60(16,17)18)35-50(54(51)61)63(48)44-27-21-38(22-28-44)56(4,5)6/h19-29,31-36,45H,30H2,1-18H3. The van der Waals surface area contributed by atoms with Gasteiger partial charge in [-0.1, -0.05) is 167 Å². The molecule has 1 aliphatic carbocycles. The van der Waals surface area contributed by atoms with E-state index in [1.165, 1.54) is 95.3 Å². The third kappa shape index (κ3) is 7.27. The molecule has 0 amide bonds. The summed E-state index contributed by atoms with van der Waals surface area (Å²) in [4.78, 5) is 8.07. The Hall–Kier alpha value is -4.96. The molecule has 0 radical (unpaired) electrons. The lowest BCUT2D eigenvalue weighted by atomic mass is 9.31. The van der Waals surface area contributed by atoms with Crippen LogP contribution in [0, 0.1) is 5.41 Å². The fourth-order valence-corrected chi connectivity index (χ4v) is 10.5. The van der Waals surface area contributed by atoms with Crippen molar-refractivity contribution in [1.29, 1.82) is 0 Å². The topological polar surface area (TPSA) is 9.72 Å². The van der Waals surface area contributed by atoms with Crippen LogP contribution >= 0.6 is 0 Å². The Morgan fingerprint density at radius 2 is 0.703 bits per heavy atom. The lowest BCUT2D eigenvalue weighted by Crippen LogP contribution is -2.66. The van der Waals surface area contributed by atoms with Crippen molar-refractivity contribution in [3.8, 4) is 0 Å². The number of nitrogens with zero attached hydrogens (tertiary/aromatic N) is 3. The molecule has 0 spiro atoms. The second kappa shape index (κ2) is 14.3. The van der Waals surface area contributed by atoms with Crippen molar-refractivity contribution >= 4 is 68.6 Å². The molecule has 5 aromatic carbocycles. The van der Waals surface area contributed by atoms with Crippen molar-refractivity contribution in [2.45, 2.75) is 164 Å². The molecule has 332 valence electrons. The molecule has 4 heteroatoms. The Balaban J connectivity index is 1.45.